The molecule has 29 heavy (non-hydrogen) atoms. The molecule has 0 saturated carbocycles. The van der Waals surface area contributed by atoms with Crippen molar-refractivity contribution in [3.8, 4) is 6.07 Å². The minimum atomic E-state index is -4.53. The second kappa shape index (κ2) is 8.98. The van der Waals surface area contributed by atoms with Crippen molar-refractivity contribution in [3.63, 3.8) is 0 Å². The lowest BCUT2D eigenvalue weighted by atomic mass is 10.1. The molecule has 2 aromatic rings. The molecule has 9 heteroatoms. The third kappa shape index (κ3) is 5.38. The molecular formula is C20H18F3IN4O. The van der Waals surface area contributed by atoms with E-state index in [9.17, 15) is 18.0 Å². The molecule has 0 bridgehead atoms. The summed E-state index contributed by atoms with van der Waals surface area (Å²) in [6.07, 6.45) is -2.65. The van der Waals surface area contributed by atoms with Crippen LogP contribution in [0.2, 0.25) is 0 Å². The first-order chi connectivity index (χ1) is 13.8. The van der Waals surface area contributed by atoms with E-state index in [1.807, 2.05) is 34.7 Å². The SMILES string of the molecule is N#Cc1ccc(CCNC(=O)[C@@H]2CCCN2c2cc(I)cc(C(F)(F)F)n2)cc1. The van der Waals surface area contributed by atoms with Crippen LogP contribution >= 0.6 is 22.6 Å². The Kier molecular flexibility index (Phi) is 6.62. The average molecular weight is 514 g/mol. The molecule has 1 atom stereocenters. The molecule has 0 radical (unpaired) electrons. The van der Waals surface area contributed by atoms with E-state index in [0.29, 0.717) is 41.5 Å². The van der Waals surface area contributed by atoms with E-state index in [-0.39, 0.29) is 11.7 Å². The standard InChI is InChI=1S/C20H18F3IN4O/c21-20(22,23)17-10-15(24)11-18(27-17)28-9-1-2-16(28)19(29)26-8-7-13-3-5-14(12-25)6-4-13/h3-6,10-11,16H,1-2,7-9H2,(H,26,29)/t16-/m0/s1. The fourth-order valence-corrected chi connectivity index (χ4v) is 3.86. The number of pyridine rings is 1. The molecule has 1 N–H and O–H groups in total. The van der Waals surface area contributed by atoms with Crippen molar-refractivity contribution >= 4 is 34.3 Å². The first-order valence-electron chi connectivity index (χ1n) is 9.06. The summed E-state index contributed by atoms with van der Waals surface area (Å²) < 4.78 is 39.7. The minimum Gasteiger partial charge on any atom is -0.354 e. The smallest absolute Gasteiger partial charge is 0.354 e. The molecule has 152 valence electrons. The van der Waals surface area contributed by atoms with Gasteiger partial charge in [0.15, 0.2) is 0 Å². The highest BCUT2D eigenvalue weighted by atomic mass is 127. The molecule has 3 rings (SSSR count). The molecule has 1 amide bonds. The fourth-order valence-electron chi connectivity index (χ4n) is 3.28. The lowest BCUT2D eigenvalue weighted by molar-refractivity contribution is -0.141. The number of hydrogen-bond acceptors (Lipinski definition) is 4. The lowest BCUT2D eigenvalue weighted by Gasteiger charge is -2.26. The Morgan fingerprint density at radius 1 is 1.31 bits per heavy atom. The van der Waals surface area contributed by atoms with Gasteiger partial charge in [-0.15, -0.1) is 0 Å². The Hall–Kier alpha value is -2.35. The predicted molar refractivity (Wildman–Crippen MR) is 110 cm³/mol. The van der Waals surface area contributed by atoms with Crippen molar-refractivity contribution in [2.45, 2.75) is 31.5 Å². The number of amides is 1. The number of aromatic nitrogens is 1. The quantitative estimate of drug-likeness (QED) is 0.615. The highest BCUT2D eigenvalue weighted by Crippen LogP contribution is 2.32. The van der Waals surface area contributed by atoms with Gasteiger partial charge in [0.05, 0.1) is 11.6 Å². The number of anilines is 1. The Morgan fingerprint density at radius 3 is 2.69 bits per heavy atom. The molecule has 1 aromatic carbocycles. The van der Waals surface area contributed by atoms with E-state index in [1.165, 1.54) is 0 Å². The maximum Gasteiger partial charge on any atom is 0.433 e. The summed E-state index contributed by atoms with van der Waals surface area (Å²) in [6, 6.07) is 11.2. The van der Waals surface area contributed by atoms with Crippen LogP contribution < -0.4 is 10.2 Å². The van der Waals surface area contributed by atoms with Gasteiger partial charge < -0.3 is 10.2 Å². The number of halogens is 4. The second-order valence-corrected chi connectivity index (χ2v) is 7.97. The fraction of sp³-hybridized carbons (Fsp3) is 0.350. The van der Waals surface area contributed by atoms with Crippen molar-refractivity contribution in [1.82, 2.24) is 10.3 Å². The summed E-state index contributed by atoms with van der Waals surface area (Å²) in [6.45, 7) is 0.890. The number of rotatable bonds is 5. The molecule has 0 spiro atoms. The predicted octanol–water partition coefficient (Wildman–Crippen LogP) is 3.90. The summed E-state index contributed by atoms with van der Waals surface area (Å²) in [4.78, 5) is 18.0. The second-order valence-electron chi connectivity index (χ2n) is 6.73. The molecule has 1 aliphatic heterocycles. The zero-order valence-electron chi connectivity index (χ0n) is 15.3. The van der Waals surface area contributed by atoms with Crippen LogP contribution in [-0.4, -0.2) is 30.0 Å². The number of nitrogens with zero attached hydrogens (tertiary/aromatic N) is 3. The number of benzene rings is 1. The molecular weight excluding hydrogens is 496 g/mol. The monoisotopic (exact) mass is 514 g/mol. The maximum absolute atomic E-state index is 13.1. The van der Waals surface area contributed by atoms with Gasteiger partial charge >= 0.3 is 6.18 Å². The van der Waals surface area contributed by atoms with Gasteiger partial charge in [0.1, 0.15) is 17.6 Å². The molecule has 0 unspecified atom stereocenters. The molecule has 1 fully saturated rings. The van der Waals surface area contributed by atoms with Gasteiger partial charge in [0, 0.05) is 16.7 Å². The van der Waals surface area contributed by atoms with E-state index in [2.05, 4.69) is 16.4 Å². The van der Waals surface area contributed by atoms with Crippen LogP contribution in [0.3, 0.4) is 0 Å². The van der Waals surface area contributed by atoms with E-state index in [0.717, 1.165) is 11.6 Å². The van der Waals surface area contributed by atoms with Gasteiger partial charge in [-0.1, -0.05) is 12.1 Å². The van der Waals surface area contributed by atoms with Crippen molar-refractivity contribution < 1.29 is 18.0 Å². The highest BCUT2D eigenvalue weighted by molar-refractivity contribution is 14.1. The number of hydrogen-bond donors (Lipinski definition) is 1. The summed E-state index contributed by atoms with van der Waals surface area (Å²) in [5, 5.41) is 11.7. The Balaban J connectivity index is 1.65. The van der Waals surface area contributed by atoms with Crippen LogP contribution in [0.4, 0.5) is 19.0 Å². The Morgan fingerprint density at radius 2 is 2.03 bits per heavy atom. The van der Waals surface area contributed by atoms with Crippen LogP contribution in [0.15, 0.2) is 36.4 Å². The largest absolute Gasteiger partial charge is 0.433 e. The third-order valence-electron chi connectivity index (χ3n) is 4.71. The minimum absolute atomic E-state index is 0.175. The van der Waals surface area contributed by atoms with Gasteiger partial charge in [-0.05, 0) is 71.7 Å². The van der Waals surface area contributed by atoms with Crippen LogP contribution in [0, 0.1) is 14.9 Å². The van der Waals surface area contributed by atoms with Crippen molar-refractivity contribution in [2.24, 2.45) is 0 Å². The summed E-state index contributed by atoms with van der Waals surface area (Å²) >= 11 is 1.83. The number of carbonyl (C=O) groups is 1. The van der Waals surface area contributed by atoms with Gasteiger partial charge in [0.2, 0.25) is 5.91 Å². The van der Waals surface area contributed by atoms with Crippen molar-refractivity contribution in [1.29, 1.82) is 5.26 Å². The third-order valence-corrected chi connectivity index (χ3v) is 5.34. The normalized spacial score (nSPS) is 16.5. The van der Waals surface area contributed by atoms with Crippen LogP contribution in [0.1, 0.15) is 29.7 Å². The van der Waals surface area contributed by atoms with Crippen molar-refractivity contribution in [2.75, 3.05) is 18.0 Å². The lowest BCUT2D eigenvalue weighted by Crippen LogP contribution is -2.44. The molecule has 0 aliphatic carbocycles. The molecule has 1 saturated heterocycles. The van der Waals surface area contributed by atoms with Gasteiger partial charge in [-0.25, -0.2) is 4.98 Å². The Labute approximate surface area is 180 Å². The first kappa shape index (κ1) is 21.4. The zero-order chi connectivity index (χ0) is 21.0. The van der Waals surface area contributed by atoms with Gasteiger partial charge in [0.25, 0.3) is 0 Å². The molecule has 1 aliphatic rings. The molecule has 1 aromatic heterocycles. The van der Waals surface area contributed by atoms with Crippen LogP contribution in [0.5, 0.6) is 0 Å². The van der Waals surface area contributed by atoms with Crippen LogP contribution in [-0.2, 0) is 17.4 Å². The maximum atomic E-state index is 13.1. The zero-order valence-corrected chi connectivity index (χ0v) is 17.5. The molecule has 2 heterocycles. The van der Waals surface area contributed by atoms with Crippen LogP contribution in [0.25, 0.3) is 0 Å². The average Bonchev–Trinajstić information content (AvgIpc) is 3.17. The van der Waals surface area contributed by atoms with Gasteiger partial charge in [-0.2, -0.15) is 18.4 Å². The summed E-state index contributed by atoms with van der Waals surface area (Å²) in [7, 11) is 0. The highest BCUT2D eigenvalue weighted by Gasteiger charge is 2.36. The molecule has 5 nitrogen and oxygen atoms in total. The first-order valence-corrected chi connectivity index (χ1v) is 10.1. The van der Waals surface area contributed by atoms with E-state index < -0.39 is 17.9 Å². The Bertz CT molecular complexity index is 925. The van der Waals surface area contributed by atoms with Gasteiger partial charge in [-0.3, -0.25) is 4.79 Å². The van der Waals surface area contributed by atoms with E-state index in [1.54, 1.807) is 23.1 Å². The topological polar surface area (TPSA) is 69.0 Å². The van der Waals surface area contributed by atoms with E-state index >= 15 is 0 Å². The number of nitrogens with one attached hydrogen (secondary N) is 1. The summed E-state index contributed by atoms with van der Waals surface area (Å²) in [5.41, 5.74) is 0.607. The number of nitriles is 1. The summed E-state index contributed by atoms with van der Waals surface area (Å²) in [5.74, 6) is -0.0423. The van der Waals surface area contributed by atoms with E-state index in [4.69, 9.17) is 5.26 Å². The number of carbonyl (C=O) groups excluding carboxylic acids is 1. The van der Waals surface area contributed by atoms with Crippen molar-refractivity contribution in [3.05, 3.63) is 56.8 Å². The number of alkyl halides is 3.